The zero-order valence-corrected chi connectivity index (χ0v) is 11.7. The number of hydrogen-bond acceptors (Lipinski definition) is 5. The van der Waals surface area contributed by atoms with E-state index in [1.807, 2.05) is 0 Å². The second-order valence-electron chi connectivity index (χ2n) is 5.14. The van der Waals surface area contributed by atoms with Gasteiger partial charge in [0.2, 0.25) is 5.91 Å². The van der Waals surface area contributed by atoms with E-state index in [9.17, 15) is 14.9 Å². The molecule has 0 aromatic heterocycles. The van der Waals surface area contributed by atoms with E-state index < -0.39 is 4.92 Å². The summed E-state index contributed by atoms with van der Waals surface area (Å²) in [5.74, 6) is -0.275. The maximum absolute atomic E-state index is 11.7. The van der Waals surface area contributed by atoms with Crippen LogP contribution in [0.3, 0.4) is 0 Å². The van der Waals surface area contributed by atoms with E-state index in [1.54, 1.807) is 12.1 Å². The van der Waals surface area contributed by atoms with Gasteiger partial charge in [0.15, 0.2) is 0 Å². The van der Waals surface area contributed by atoms with Gasteiger partial charge in [-0.2, -0.15) is 5.11 Å². The van der Waals surface area contributed by atoms with Crippen molar-refractivity contribution in [2.45, 2.75) is 44.6 Å². The van der Waals surface area contributed by atoms with Crippen LogP contribution in [0, 0.1) is 10.1 Å². The normalized spacial score (nSPS) is 16.0. The molecule has 2 rings (SSSR count). The van der Waals surface area contributed by atoms with E-state index in [2.05, 4.69) is 15.8 Å². The van der Waals surface area contributed by atoms with Crippen molar-refractivity contribution in [1.29, 1.82) is 0 Å². The predicted molar refractivity (Wildman–Crippen MR) is 76.7 cm³/mol. The number of rotatable bonds is 5. The molecule has 0 saturated heterocycles. The highest BCUT2D eigenvalue weighted by molar-refractivity contribution is 5.78. The van der Waals surface area contributed by atoms with Crippen LogP contribution < -0.4 is 5.43 Å². The molecule has 112 valence electrons. The van der Waals surface area contributed by atoms with Crippen molar-refractivity contribution in [3.8, 4) is 0 Å². The van der Waals surface area contributed by atoms with E-state index in [-0.39, 0.29) is 24.1 Å². The molecule has 7 heteroatoms. The molecule has 1 amide bonds. The second-order valence-corrected chi connectivity index (χ2v) is 5.14. The van der Waals surface area contributed by atoms with Crippen molar-refractivity contribution in [3.63, 3.8) is 0 Å². The van der Waals surface area contributed by atoms with E-state index >= 15 is 0 Å². The molecule has 1 N–H and O–H groups in total. The highest BCUT2D eigenvalue weighted by atomic mass is 16.6. The van der Waals surface area contributed by atoms with Crippen LogP contribution in [-0.2, 0) is 11.2 Å². The number of nitro benzene ring substituents is 1. The minimum atomic E-state index is -0.470. The third kappa shape index (κ3) is 4.94. The lowest BCUT2D eigenvalue weighted by Crippen LogP contribution is -2.20. The number of carbonyl (C=O) groups is 1. The van der Waals surface area contributed by atoms with Crippen LogP contribution in [0.15, 0.2) is 34.6 Å². The van der Waals surface area contributed by atoms with Gasteiger partial charge in [0.1, 0.15) is 0 Å². The first-order valence-corrected chi connectivity index (χ1v) is 7.07. The fourth-order valence-electron chi connectivity index (χ4n) is 2.32. The van der Waals surface area contributed by atoms with E-state index in [0.717, 1.165) is 12.8 Å². The van der Waals surface area contributed by atoms with E-state index in [0.29, 0.717) is 5.56 Å². The van der Waals surface area contributed by atoms with Gasteiger partial charge in [-0.15, -0.1) is 0 Å². The fraction of sp³-hybridized carbons (Fsp3) is 0.500. The number of carbonyl (C=O) groups excluding carboxylic acids is 1. The Labute approximate surface area is 122 Å². The Balaban J connectivity index is 1.78. The van der Waals surface area contributed by atoms with Gasteiger partial charge in [-0.25, -0.2) is 5.43 Å². The Bertz CT molecular complexity index is 522. The van der Waals surface area contributed by atoms with Crippen LogP contribution in [0.1, 0.15) is 37.7 Å². The number of nitrogens with zero attached hydrogens (tertiary/aromatic N) is 3. The molecule has 0 bridgehead atoms. The summed E-state index contributed by atoms with van der Waals surface area (Å²) >= 11 is 0. The molecule has 0 atom stereocenters. The molecular weight excluding hydrogens is 272 g/mol. The average Bonchev–Trinajstić information content (AvgIpc) is 2.49. The first-order valence-electron chi connectivity index (χ1n) is 7.07. The van der Waals surface area contributed by atoms with Crippen molar-refractivity contribution in [3.05, 3.63) is 39.9 Å². The van der Waals surface area contributed by atoms with Crippen LogP contribution in [0.5, 0.6) is 0 Å². The Kier molecular flexibility index (Phi) is 5.36. The van der Waals surface area contributed by atoms with Gasteiger partial charge in [-0.1, -0.05) is 36.6 Å². The maximum atomic E-state index is 11.7. The van der Waals surface area contributed by atoms with Gasteiger partial charge >= 0.3 is 0 Å². The summed E-state index contributed by atoms with van der Waals surface area (Å²) in [6, 6.07) is 6.11. The fourth-order valence-corrected chi connectivity index (χ4v) is 2.32. The standard InChI is InChI=1S/C14H18N4O3/c19-14(16-17-15-12-4-2-1-3-5-12)10-11-6-8-13(9-7-11)18(20)21/h6-9,12H,1-5,10H2,(H,15,16,19). The van der Waals surface area contributed by atoms with Crippen molar-refractivity contribution < 1.29 is 9.72 Å². The van der Waals surface area contributed by atoms with Crippen molar-refractivity contribution >= 4 is 11.6 Å². The summed E-state index contributed by atoms with van der Waals surface area (Å²) in [7, 11) is 0. The lowest BCUT2D eigenvalue weighted by Gasteiger charge is -2.15. The molecule has 7 nitrogen and oxygen atoms in total. The minimum Gasteiger partial charge on any atom is -0.273 e. The third-order valence-corrected chi connectivity index (χ3v) is 3.48. The average molecular weight is 290 g/mol. The Morgan fingerprint density at radius 2 is 1.90 bits per heavy atom. The maximum Gasteiger partial charge on any atom is 0.269 e. The van der Waals surface area contributed by atoms with Gasteiger partial charge in [-0.05, 0) is 18.4 Å². The first-order chi connectivity index (χ1) is 10.1. The SMILES string of the molecule is O=C(Cc1ccc([N+](=O)[O-])cc1)NN=NC1CCCCC1. The van der Waals surface area contributed by atoms with Crippen molar-refractivity contribution in [2.75, 3.05) is 0 Å². The molecule has 1 fully saturated rings. The summed E-state index contributed by atoms with van der Waals surface area (Å²) in [5, 5.41) is 18.4. The molecule has 0 radical (unpaired) electrons. The molecule has 0 unspecified atom stereocenters. The van der Waals surface area contributed by atoms with Crippen LogP contribution in [0.25, 0.3) is 0 Å². The molecule has 0 heterocycles. The number of amides is 1. The van der Waals surface area contributed by atoms with Crippen LogP contribution in [-0.4, -0.2) is 16.9 Å². The van der Waals surface area contributed by atoms with Crippen LogP contribution >= 0.6 is 0 Å². The molecule has 1 aromatic rings. The summed E-state index contributed by atoms with van der Waals surface area (Å²) < 4.78 is 0. The number of benzene rings is 1. The lowest BCUT2D eigenvalue weighted by atomic mass is 9.96. The Morgan fingerprint density at radius 1 is 1.24 bits per heavy atom. The Morgan fingerprint density at radius 3 is 2.52 bits per heavy atom. The minimum absolute atomic E-state index is 0.0103. The number of non-ortho nitro benzene ring substituents is 1. The molecular formula is C14H18N4O3. The topological polar surface area (TPSA) is 97.0 Å². The smallest absolute Gasteiger partial charge is 0.269 e. The van der Waals surface area contributed by atoms with Gasteiger partial charge in [0.25, 0.3) is 5.69 Å². The molecule has 21 heavy (non-hydrogen) atoms. The second kappa shape index (κ2) is 7.47. The number of nitrogens with one attached hydrogen (secondary N) is 1. The van der Waals surface area contributed by atoms with Gasteiger partial charge in [-0.3, -0.25) is 14.9 Å². The monoisotopic (exact) mass is 290 g/mol. The highest BCUT2D eigenvalue weighted by Crippen LogP contribution is 2.20. The Hall–Kier alpha value is -2.31. The highest BCUT2D eigenvalue weighted by Gasteiger charge is 2.12. The largest absolute Gasteiger partial charge is 0.273 e. The van der Waals surface area contributed by atoms with Gasteiger partial charge in [0.05, 0.1) is 17.4 Å². The first kappa shape index (κ1) is 15.1. The van der Waals surface area contributed by atoms with Crippen LogP contribution in [0.2, 0.25) is 0 Å². The zero-order valence-electron chi connectivity index (χ0n) is 11.7. The third-order valence-electron chi connectivity index (χ3n) is 3.48. The predicted octanol–water partition coefficient (Wildman–Crippen LogP) is 2.95. The lowest BCUT2D eigenvalue weighted by molar-refractivity contribution is -0.384. The molecule has 0 spiro atoms. The zero-order chi connectivity index (χ0) is 15.1. The number of nitro groups is 1. The molecule has 1 aliphatic carbocycles. The van der Waals surface area contributed by atoms with Crippen LogP contribution in [0.4, 0.5) is 5.69 Å². The molecule has 1 saturated carbocycles. The quantitative estimate of drug-likeness (QED) is 0.513. The summed E-state index contributed by atoms with van der Waals surface area (Å²) in [6.45, 7) is 0. The van der Waals surface area contributed by atoms with Crippen molar-refractivity contribution in [2.24, 2.45) is 10.3 Å². The molecule has 0 aliphatic heterocycles. The molecule has 1 aromatic carbocycles. The van der Waals surface area contributed by atoms with Gasteiger partial charge < -0.3 is 0 Å². The summed E-state index contributed by atoms with van der Waals surface area (Å²) in [4.78, 5) is 21.7. The summed E-state index contributed by atoms with van der Waals surface area (Å²) in [5.41, 5.74) is 3.11. The van der Waals surface area contributed by atoms with Crippen molar-refractivity contribution in [1.82, 2.24) is 5.43 Å². The van der Waals surface area contributed by atoms with E-state index in [4.69, 9.17) is 0 Å². The van der Waals surface area contributed by atoms with Gasteiger partial charge in [0, 0.05) is 12.1 Å². The molecule has 1 aliphatic rings. The van der Waals surface area contributed by atoms with E-state index in [1.165, 1.54) is 31.4 Å². The number of hydrogen-bond donors (Lipinski definition) is 1. The summed E-state index contributed by atoms with van der Waals surface area (Å²) in [6.07, 6.45) is 5.77.